The van der Waals surface area contributed by atoms with E-state index in [2.05, 4.69) is 0 Å². The number of halogens is 4. The highest BCUT2D eigenvalue weighted by atomic mass is 35.5. The number of hydrogen-bond acceptors (Lipinski definition) is 1. The second-order valence-corrected chi connectivity index (χ2v) is 2.17. The Morgan fingerprint density at radius 3 is 0.778 bits per heavy atom. The van der Waals surface area contributed by atoms with Crippen molar-refractivity contribution in [1.29, 1.82) is 0 Å². The average Bonchev–Trinajstić information content (AvgIpc) is 0.722. The lowest BCUT2D eigenvalue weighted by molar-refractivity contribution is 0.102. The minimum Gasteiger partial charge on any atom is -0.391 e. The summed E-state index contributed by atoms with van der Waals surface area (Å²) in [6.07, 6.45) is 0. The Kier molecular flexibility index (Phi) is 42.3. The Labute approximate surface area is 81.2 Å². The fourth-order valence-corrected chi connectivity index (χ4v) is 0. The van der Waals surface area contributed by atoms with Crippen molar-refractivity contribution in [3.63, 3.8) is 0 Å². The van der Waals surface area contributed by atoms with Gasteiger partial charge in [-0.3, -0.25) is 0 Å². The minimum absolute atomic E-state index is 0. The fraction of sp³-hybridized carbons (Fsp3) is 1.00. The molecule has 0 unspecified atom stereocenters. The molecule has 0 aliphatic heterocycles. The van der Waals surface area contributed by atoms with Crippen LogP contribution in [0.25, 0.3) is 0 Å². The van der Waals surface area contributed by atoms with E-state index < -0.39 is 5.60 Å². The third-order valence-electron chi connectivity index (χ3n) is 0. The van der Waals surface area contributed by atoms with Gasteiger partial charge in [0.25, 0.3) is 0 Å². The highest BCUT2D eigenvalue weighted by molar-refractivity contribution is 5.86. The molecule has 0 atom stereocenters. The number of rotatable bonds is 0. The maximum Gasteiger partial charge on any atom is 0.0563 e. The molecule has 0 aromatic heterocycles. The van der Waals surface area contributed by atoms with Crippen LogP contribution in [0, 0.1) is 0 Å². The third-order valence-corrected chi connectivity index (χ3v) is 0. The molecule has 0 bridgehead atoms. The highest BCUT2D eigenvalue weighted by Gasteiger charge is 1.97. The van der Waals surface area contributed by atoms with Crippen molar-refractivity contribution in [3.05, 3.63) is 0 Å². The van der Waals surface area contributed by atoms with Crippen LogP contribution >= 0.6 is 49.6 Å². The molecule has 0 saturated carbocycles. The quantitative estimate of drug-likeness (QED) is 0.664. The summed E-state index contributed by atoms with van der Waals surface area (Å²) in [5.41, 5.74) is -0.500. The van der Waals surface area contributed by atoms with Crippen molar-refractivity contribution >= 4 is 49.6 Å². The summed E-state index contributed by atoms with van der Waals surface area (Å²) in [6, 6.07) is 0. The van der Waals surface area contributed by atoms with Crippen molar-refractivity contribution in [3.8, 4) is 0 Å². The van der Waals surface area contributed by atoms with Gasteiger partial charge in [-0.1, -0.05) is 0 Å². The molecular formula is C4H14Cl4O. The zero-order chi connectivity index (χ0) is 4.50. The molecule has 0 heterocycles. The van der Waals surface area contributed by atoms with Crippen LogP contribution in [0.4, 0.5) is 0 Å². The number of aliphatic hydroxyl groups is 1. The van der Waals surface area contributed by atoms with Gasteiger partial charge in [0.2, 0.25) is 0 Å². The van der Waals surface area contributed by atoms with Gasteiger partial charge in [-0.05, 0) is 20.8 Å². The van der Waals surface area contributed by atoms with E-state index in [1.54, 1.807) is 20.8 Å². The molecular weight excluding hydrogens is 206 g/mol. The molecule has 64 valence electrons. The van der Waals surface area contributed by atoms with Gasteiger partial charge in [-0.2, -0.15) is 0 Å². The summed E-state index contributed by atoms with van der Waals surface area (Å²) in [4.78, 5) is 0. The Hall–Kier alpha value is 1.12. The van der Waals surface area contributed by atoms with E-state index in [0.29, 0.717) is 0 Å². The largest absolute Gasteiger partial charge is 0.391 e. The van der Waals surface area contributed by atoms with Gasteiger partial charge >= 0.3 is 0 Å². The molecule has 0 rings (SSSR count). The topological polar surface area (TPSA) is 20.2 Å². The normalized spacial score (nSPS) is 6.67. The van der Waals surface area contributed by atoms with Gasteiger partial charge in [-0.25, -0.2) is 0 Å². The summed E-state index contributed by atoms with van der Waals surface area (Å²) in [5.74, 6) is 0. The molecule has 0 aromatic carbocycles. The summed E-state index contributed by atoms with van der Waals surface area (Å²) < 4.78 is 0. The van der Waals surface area contributed by atoms with E-state index in [0.717, 1.165) is 0 Å². The Morgan fingerprint density at radius 2 is 0.778 bits per heavy atom. The smallest absolute Gasteiger partial charge is 0.0563 e. The lowest BCUT2D eigenvalue weighted by atomic mass is 10.2. The maximum absolute atomic E-state index is 8.52. The standard InChI is InChI=1S/C4H10O.4ClH/c1-4(2,3)5;;;;/h5H,1-3H3;4*1H. The lowest BCUT2D eigenvalue weighted by Crippen LogP contribution is -2.10. The van der Waals surface area contributed by atoms with Gasteiger partial charge in [0.05, 0.1) is 5.60 Å². The van der Waals surface area contributed by atoms with Gasteiger partial charge < -0.3 is 5.11 Å². The predicted octanol–water partition coefficient (Wildman–Crippen LogP) is 2.46. The van der Waals surface area contributed by atoms with E-state index in [1.807, 2.05) is 0 Å². The fourth-order valence-electron chi connectivity index (χ4n) is 0. The second kappa shape index (κ2) is 11.9. The van der Waals surface area contributed by atoms with E-state index in [9.17, 15) is 0 Å². The average molecular weight is 220 g/mol. The van der Waals surface area contributed by atoms with Crippen LogP contribution in [-0.4, -0.2) is 10.7 Å². The zero-order valence-electron chi connectivity index (χ0n) is 5.58. The molecule has 0 radical (unpaired) electrons. The predicted molar refractivity (Wildman–Crippen MR) is 51.0 cm³/mol. The molecule has 0 amide bonds. The highest BCUT2D eigenvalue weighted by Crippen LogP contribution is 1.93. The second-order valence-electron chi connectivity index (χ2n) is 2.17. The molecule has 0 aliphatic rings. The van der Waals surface area contributed by atoms with E-state index in [-0.39, 0.29) is 49.6 Å². The number of hydrogen-bond donors (Lipinski definition) is 1. The minimum atomic E-state index is -0.500. The molecule has 5 heteroatoms. The van der Waals surface area contributed by atoms with Gasteiger partial charge in [0, 0.05) is 0 Å². The molecule has 0 aliphatic carbocycles. The first-order valence-electron chi connectivity index (χ1n) is 1.72. The van der Waals surface area contributed by atoms with Crippen LogP contribution in [0.5, 0.6) is 0 Å². The molecule has 1 N–H and O–H groups in total. The SMILES string of the molecule is CC(C)(C)O.Cl.Cl.Cl.Cl. The van der Waals surface area contributed by atoms with Crippen molar-refractivity contribution in [2.75, 3.05) is 0 Å². The summed E-state index contributed by atoms with van der Waals surface area (Å²) in [5, 5.41) is 8.52. The van der Waals surface area contributed by atoms with E-state index in [4.69, 9.17) is 5.11 Å². The Morgan fingerprint density at radius 1 is 0.778 bits per heavy atom. The van der Waals surface area contributed by atoms with Crippen LogP contribution in [0.1, 0.15) is 20.8 Å². The Bertz CT molecular complexity index is 28.0. The summed E-state index contributed by atoms with van der Waals surface area (Å²) in [6.45, 7) is 5.23. The van der Waals surface area contributed by atoms with Crippen molar-refractivity contribution in [2.45, 2.75) is 26.4 Å². The molecule has 0 fully saturated rings. The Balaban J connectivity index is -0.0000000133. The summed E-state index contributed by atoms with van der Waals surface area (Å²) in [7, 11) is 0. The van der Waals surface area contributed by atoms with Gasteiger partial charge in [0.15, 0.2) is 0 Å². The maximum atomic E-state index is 8.52. The molecule has 1 nitrogen and oxygen atoms in total. The zero-order valence-corrected chi connectivity index (χ0v) is 8.85. The van der Waals surface area contributed by atoms with Crippen LogP contribution in [0.3, 0.4) is 0 Å². The van der Waals surface area contributed by atoms with Crippen molar-refractivity contribution in [2.24, 2.45) is 0 Å². The van der Waals surface area contributed by atoms with Gasteiger partial charge in [-0.15, -0.1) is 49.6 Å². The molecule has 0 saturated heterocycles. The first-order chi connectivity index (χ1) is 2.00. The third kappa shape index (κ3) is 369. The van der Waals surface area contributed by atoms with Gasteiger partial charge in [0.1, 0.15) is 0 Å². The van der Waals surface area contributed by atoms with Crippen LogP contribution in [0.2, 0.25) is 0 Å². The lowest BCUT2D eigenvalue weighted by Gasteiger charge is -2.04. The monoisotopic (exact) mass is 218 g/mol. The molecule has 0 spiro atoms. The molecule has 9 heavy (non-hydrogen) atoms. The van der Waals surface area contributed by atoms with E-state index in [1.165, 1.54) is 0 Å². The van der Waals surface area contributed by atoms with Crippen LogP contribution in [0.15, 0.2) is 0 Å². The van der Waals surface area contributed by atoms with Crippen molar-refractivity contribution < 1.29 is 5.11 Å². The summed E-state index contributed by atoms with van der Waals surface area (Å²) >= 11 is 0. The van der Waals surface area contributed by atoms with E-state index >= 15 is 0 Å². The van der Waals surface area contributed by atoms with Crippen molar-refractivity contribution in [1.82, 2.24) is 0 Å². The first kappa shape index (κ1) is 32.1. The first-order valence-corrected chi connectivity index (χ1v) is 1.72. The van der Waals surface area contributed by atoms with Crippen LogP contribution < -0.4 is 0 Å². The molecule has 0 aromatic rings. The van der Waals surface area contributed by atoms with Crippen LogP contribution in [-0.2, 0) is 0 Å².